The second-order valence-corrected chi connectivity index (χ2v) is 6.58. The van der Waals surface area contributed by atoms with Crippen LogP contribution in [-0.4, -0.2) is 34.4 Å². The van der Waals surface area contributed by atoms with Gasteiger partial charge in [0.05, 0.1) is 0 Å². The molecule has 0 spiro atoms. The molecule has 0 heterocycles. The van der Waals surface area contributed by atoms with Crippen molar-refractivity contribution in [2.24, 2.45) is 21.0 Å². The molecule has 0 atom stereocenters. The molecular weight excluding hydrogens is 264 g/mol. The Labute approximate surface area is 118 Å². The van der Waals surface area contributed by atoms with E-state index in [1.165, 1.54) is 0 Å². The molecule has 0 N–H and O–H groups in total. The molecule has 0 unspecified atom stereocenters. The maximum Gasteiger partial charge on any atom is 0.244 e. The Bertz CT molecular complexity index is 399. The molecule has 114 valence electrons. The summed E-state index contributed by atoms with van der Waals surface area (Å²) in [6, 6.07) is 0. The zero-order valence-electron chi connectivity index (χ0n) is 12.8. The molecule has 8 heteroatoms. The normalized spacial score (nSPS) is 14.3. The lowest BCUT2D eigenvalue weighted by atomic mass is 9.89. The Morgan fingerprint density at radius 3 is 1.20 bits per heavy atom. The first-order valence-corrected chi connectivity index (χ1v) is 6.22. The molecule has 8 nitrogen and oxygen atoms in total. The molecule has 0 aliphatic rings. The van der Waals surface area contributed by atoms with Gasteiger partial charge in [0.25, 0.3) is 0 Å². The van der Waals surface area contributed by atoms with E-state index in [1.54, 1.807) is 41.5 Å². The highest BCUT2D eigenvalue weighted by molar-refractivity contribution is 5.93. The van der Waals surface area contributed by atoms with E-state index in [9.17, 15) is 20.2 Å². The van der Waals surface area contributed by atoms with Crippen LogP contribution < -0.4 is 0 Å². The van der Waals surface area contributed by atoms with E-state index in [0.717, 1.165) is 0 Å². The molecule has 0 saturated heterocycles. The van der Waals surface area contributed by atoms with Crippen molar-refractivity contribution in [3.63, 3.8) is 0 Å². The molecule has 0 aliphatic carbocycles. The van der Waals surface area contributed by atoms with E-state index in [-0.39, 0.29) is 11.4 Å². The van der Waals surface area contributed by atoms with Gasteiger partial charge >= 0.3 is 0 Å². The fourth-order valence-corrected chi connectivity index (χ4v) is 1.20. The minimum Gasteiger partial charge on any atom is -0.264 e. The molecule has 0 fully saturated rings. The van der Waals surface area contributed by atoms with Gasteiger partial charge < -0.3 is 0 Å². The van der Waals surface area contributed by atoms with Crippen molar-refractivity contribution in [3.8, 4) is 0 Å². The van der Waals surface area contributed by atoms with Gasteiger partial charge in [-0.25, -0.2) is 0 Å². The maximum atomic E-state index is 10.6. The quantitative estimate of drug-likeness (QED) is 0.439. The maximum absolute atomic E-state index is 10.6. The topological polar surface area (TPSA) is 111 Å². The van der Waals surface area contributed by atoms with Crippen LogP contribution in [0.1, 0.15) is 41.5 Å². The summed E-state index contributed by atoms with van der Waals surface area (Å²) in [6.07, 6.45) is 0. The summed E-state index contributed by atoms with van der Waals surface area (Å²) in [5.41, 5.74) is -0.470. The minimum absolute atomic E-state index is 0.285. The van der Waals surface area contributed by atoms with Gasteiger partial charge in [0.2, 0.25) is 13.1 Å². The van der Waals surface area contributed by atoms with Gasteiger partial charge in [0.1, 0.15) is 11.4 Å². The Kier molecular flexibility index (Phi) is 5.93. The lowest BCUT2D eigenvalue weighted by Gasteiger charge is -2.19. The third-order valence-electron chi connectivity index (χ3n) is 2.58. The lowest BCUT2D eigenvalue weighted by molar-refractivity contribution is -0.464. The molecule has 0 aliphatic heterocycles. The predicted octanol–water partition coefficient (Wildman–Crippen LogP) is 2.43. The first-order valence-electron chi connectivity index (χ1n) is 6.22. The van der Waals surface area contributed by atoms with Crippen molar-refractivity contribution >= 4 is 11.4 Å². The Balaban J connectivity index is 5.53. The molecule has 0 amide bonds. The summed E-state index contributed by atoms with van der Waals surface area (Å²) in [7, 11) is 0. The fourth-order valence-electron chi connectivity index (χ4n) is 1.20. The largest absolute Gasteiger partial charge is 0.264 e. The van der Waals surface area contributed by atoms with Gasteiger partial charge in [-0.05, 0) is 0 Å². The smallest absolute Gasteiger partial charge is 0.244 e. The molecule has 0 saturated carbocycles. The van der Waals surface area contributed by atoms with Gasteiger partial charge in [0, 0.05) is 20.7 Å². The van der Waals surface area contributed by atoms with Crippen molar-refractivity contribution < 1.29 is 9.85 Å². The summed E-state index contributed by atoms with van der Waals surface area (Å²) in [6.45, 7) is 9.87. The standard InChI is InChI=1S/C12H22N4O4/c1-11(2,3)9(7-15(17)18)13-14-10(8-16(19)20)12(4,5)6/h7-8H2,1-6H3/b13-9-,14-10-. The zero-order chi connectivity index (χ0) is 16.1. The molecule has 0 aromatic carbocycles. The predicted molar refractivity (Wildman–Crippen MR) is 77.5 cm³/mol. The van der Waals surface area contributed by atoms with Crippen LogP contribution in [0.15, 0.2) is 10.2 Å². The van der Waals surface area contributed by atoms with Crippen LogP contribution in [0, 0.1) is 31.1 Å². The average molecular weight is 286 g/mol. The van der Waals surface area contributed by atoms with E-state index >= 15 is 0 Å². The van der Waals surface area contributed by atoms with Crippen LogP contribution in [0.5, 0.6) is 0 Å². The molecule has 0 aromatic rings. The summed E-state index contributed by atoms with van der Waals surface area (Å²) in [4.78, 5) is 20.3. The van der Waals surface area contributed by atoms with E-state index in [1.807, 2.05) is 0 Å². The number of nitrogens with zero attached hydrogens (tertiary/aromatic N) is 4. The number of rotatable bonds is 5. The Morgan fingerprint density at radius 1 is 0.800 bits per heavy atom. The van der Waals surface area contributed by atoms with Crippen molar-refractivity contribution in [1.29, 1.82) is 0 Å². The molecule has 0 aromatic heterocycles. The van der Waals surface area contributed by atoms with E-state index in [4.69, 9.17) is 0 Å². The fraction of sp³-hybridized carbons (Fsp3) is 0.833. The first kappa shape index (κ1) is 18.1. The number of nitro groups is 2. The van der Waals surface area contributed by atoms with Crippen LogP contribution in [0.4, 0.5) is 0 Å². The summed E-state index contributed by atoms with van der Waals surface area (Å²) in [5, 5.41) is 29.1. The van der Waals surface area contributed by atoms with Gasteiger partial charge in [-0.1, -0.05) is 41.5 Å². The zero-order valence-corrected chi connectivity index (χ0v) is 12.8. The van der Waals surface area contributed by atoms with Crippen molar-refractivity contribution in [3.05, 3.63) is 20.2 Å². The summed E-state index contributed by atoms with van der Waals surface area (Å²) < 4.78 is 0. The Hall–Kier alpha value is -1.86. The summed E-state index contributed by atoms with van der Waals surface area (Å²) in [5.74, 6) is 0. The Morgan fingerprint density at radius 2 is 1.05 bits per heavy atom. The SMILES string of the molecule is CC(C)(C)/C(C[N+](=O)[O-])=N\N=C(\C[N+](=O)[O-])C(C)(C)C. The van der Waals surface area contributed by atoms with Crippen molar-refractivity contribution in [2.45, 2.75) is 41.5 Å². The van der Waals surface area contributed by atoms with Gasteiger partial charge in [-0.2, -0.15) is 10.2 Å². The first-order chi connectivity index (χ1) is 8.84. The molecule has 0 bridgehead atoms. The highest BCUT2D eigenvalue weighted by Gasteiger charge is 2.26. The molecule has 20 heavy (non-hydrogen) atoms. The van der Waals surface area contributed by atoms with Gasteiger partial charge in [-0.15, -0.1) is 0 Å². The van der Waals surface area contributed by atoms with Crippen LogP contribution >= 0.6 is 0 Å². The second-order valence-electron chi connectivity index (χ2n) is 6.58. The third kappa shape index (κ3) is 6.91. The van der Waals surface area contributed by atoms with E-state index in [2.05, 4.69) is 10.2 Å². The summed E-state index contributed by atoms with van der Waals surface area (Å²) >= 11 is 0. The monoisotopic (exact) mass is 286 g/mol. The van der Waals surface area contributed by atoms with Crippen LogP contribution in [0.2, 0.25) is 0 Å². The molecular formula is C12H22N4O4. The second kappa shape index (κ2) is 6.53. The van der Waals surface area contributed by atoms with Gasteiger partial charge in [-0.3, -0.25) is 20.2 Å². The molecule has 0 radical (unpaired) electrons. The van der Waals surface area contributed by atoms with Crippen molar-refractivity contribution in [2.75, 3.05) is 13.1 Å². The van der Waals surface area contributed by atoms with Crippen LogP contribution in [-0.2, 0) is 0 Å². The third-order valence-corrected chi connectivity index (χ3v) is 2.58. The highest BCUT2D eigenvalue weighted by atomic mass is 16.6. The molecule has 0 rings (SSSR count). The number of hydrogen-bond acceptors (Lipinski definition) is 6. The van der Waals surface area contributed by atoms with Gasteiger partial charge in [0.15, 0.2) is 0 Å². The van der Waals surface area contributed by atoms with Crippen LogP contribution in [0.25, 0.3) is 0 Å². The number of hydrogen-bond donors (Lipinski definition) is 0. The average Bonchev–Trinajstić information content (AvgIpc) is 2.17. The lowest BCUT2D eigenvalue weighted by Crippen LogP contribution is -2.30. The minimum atomic E-state index is -0.520. The van der Waals surface area contributed by atoms with Crippen LogP contribution in [0.3, 0.4) is 0 Å². The van der Waals surface area contributed by atoms with E-state index < -0.39 is 33.8 Å². The van der Waals surface area contributed by atoms with E-state index in [0.29, 0.717) is 0 Å². The van der Waals surface area contributed by atoms with Crippen molar-refractivity contribution in [1.82, 2.24) is 0 Å². The highest BCUT2D eigenvalue weighted by Crippen LogP contribution is 2.19.